The maximum atomic E-state index is 12.5. The zero-order valence-corrected chi connectivity index (χ0v) is 16.0. The smallest absolute Gasteiger partial charge is 0.220 e. The van der Waals surface area contributed by atoms with Crippen LogP contribution in [-0.4, -0.2) is 30.4 Å². The molecular formula is C21H35N3O. The van der Waals surface area contributed by atoms with Gasteiger partial charge in [-0.05, 0) is 49.0 Å². The van der Waals surface area contributed by atoms with Crippen molar-refractivity contribution in [3.05, 3.63) is 35.4 Å². The van der Waals surface area contributed by atoms with Gasteiger partial charge < -0.3 is 11.1 Å². The number of carbonyl (C=O) groups excluding carboxylic acids is 1. The van der Waals surface area contributed by atoms with Crippen molar-refractivity contribution < 1.29 is 4.79 Å². The molecule has 0 bridgehead atoms. The van der Waals surface area contributed by atoms with Crippen molar-refractivity contribution in [3.63, 3.8) is 0 Å². The zero-order valence-electron chi connectivity index (χ0n) is 16.0. The van der Waals surface area contributed by atoms with Crippen LogP contribution in [0.1, 0.15) is 63.5 Å². The molecule has 0 atom stereocenters. The first-order valence-corrected chi connectivity index (χ1v) is 9.88. The Morgan fingerprint density at radius 2 is 1.76 bits per heavy atom. The Morgan fingerprint density at radius 3 is 2.36 bits per heavy atom. The summed E-state index contributed by atoms with van der Waals surface area (Å²) in [6.45, 7) is 8.61. The highest BCUT2D eigenvalue weighted by atomic mass is 16.1. The third-order valence-corrected chi connectivity index (χ3v) is 5.77. The summed E-state index contributed by atoms with van der Waals surface area (Å²) in [7, 11) is 0. The molecule has 0 heterocycles. The topological polar surface area (TPSA) is 58.4 Å². The standard InChI is InChI=1S/C21H35N3O/c1-3-24(4-2)16-19-11-7-6-10-18(19)15-23-20(25)14-21(17-22)12-8-5-9-13-21/h6-7,10-11H,3-5,8-9,12-17,22H2,1-2H3,(H,23,25). The average molecular weight is 346 g/mol. The summed E-state index contributed by atoms with van der Waals surface area (Å²) in [5.41, 5.74) is 8.57. The van der Waals surface area contributed by atoms with E-state index in [1.54, 1.807) is 0 Å². The molecule has 2 rings (SSSR count). The minimum Gasteiger partial charge on any atom is -0.352 e. The van der Waals surface area contributed by atoms with Gasteiger partial charge in [-0.3, -0.25) is 9.69 Å². The first-order valence-electron chi connectivity index (χ1n) is 9.88. The number of hydrogen-bond donors (Lipinski definition) is 2. The van der Waals surface area contributed by atoms with Crippen molar-refractivity contribution >= 4 is 5.91 Å². The molecule has 1 saturated carbocycles. The highest BCUT2D eigenvalue weighted by Gasteiger charge is 2.32. The summed E-state index contributed by atoms with van der Waals surface area (Å²) >= 11 is 0. The summed E-state index contributed by atoms with van der Waals surface area (Å²) in [4.78, 5) is 14.9. The number of benzene rings is 1. The molecule has 1 aromatic carbocycles. The molecule has 0 radical (unpaired) electrons. The fraction of sp³-hybridized carbons (Fsp3) is 0.667. The molecule has 1 amide bonds. The highest BCUT2D eigenvalue weighted by Crippen LogP contribution is 2.38. The van der Waals surface area contributed by atoms with Gasteiger partial charge in [0, 0.05) is 19.5 Å². The van der Waals surface area contributed by atoms with Gasteiger partial charge in [-0.1, -0.05) is 57.4 Å². The molecule has 140 valence electrons. The lowest BCUT2D eigenvalue weighted by molar-refractivity contribution is -0.124. The van der Waals surface area contributed by atoms with Gasteiger partial charge in [0.15, 0.2) is 0 Å². The van der Waals surface area contributed by atoms with E-state index >= 15 is 0 Å². The van der Waals surface area contributed by atoms with E-state index < -0.39 is 0 Å². The van der Waals surface area contributed by atoms with E-state index in [9.17, 15) is 4.79 Å². The van der Waals surface area contributed by atoms with Gasteiger partial charge >= 0.3 is 0 Å². The van der Waals surface area contributed by atoms with Crippen LogP contribution < -0.4 is 11.1 Å². The molecule has 0 saturated heterocycles. The molecule has 0 aromatic heterocycles. The van der Waals surface area contributed by atoms with Crippen LogP contribution in [0.5, 0.6) is 0 Å². The van der Waals surface area contributed by atoms with Crippen LogP contribution in [0.15, 0.2) is 24.3 Å². The van der Waals surface area contributed by atoms with Gasteiger partial charge in [0.2, 0.25) is 5.91 Å². The zero-order chi connectivity index (χ0) is 18.1. The van der Waals surface area contributed by atoms with Crippen molar-refractivity contribution in [1.82, 2.24) is 10.2 Å². The van der Waals surface area contributed by atoms with E-state index in [1.165, 1.54) is 30.4 Å². The fourth-order valence-electron chi connectivity index (χ4n) is 3.92. The molecule has 1 aromatic rings. The molecule has 1 fully saturated rings. The maximum absolute atomic E-state index is 12.5. The lowest BCUT2D eigenvalue weighted by Gasteiger charge is -2.35. The Labute approximate surface area is 153 Å². The monoisotopic (exact) mass is 345 g/mol. The molecule has 0 unspecified atom stereocenters. The summed E-state index contributed by atoms with van der Waals surface area (Å²) in [6.07, 6.45) is 6.45. The molecule has 1 aliphatic carbocycles. The Hall–Kier alpha value is -1.39. The van der Waals surface area contributed by atoms with Crippen molar-refractivity contribution in [2.75, 3.05) is 19.6 Å². The second kappa shape index (κ2) is 9.93. The fourth-order valence-corrected chi connectivity index (χ4v) is 3.92. The van der Waals surface area contributed by atoms with Gasteiger partial charge in [0.1, 0.15) is 0 Å². The molecule has 3 N–H and O–H groups in total. The number of nitrogens with two attached hydrogens (primary N) is 1. The predicted molar refractivity (Wildman–Crippen MR) is 104 cm³/mol. The van der Waals surface area contributed by atoms with E-state index in [1.807, 2.05) is 0 Å². The van der Waals surface area contributed by atoms with Crippen LogP contribution in [0.2, 0.25) is 0 Å². The van der Waals surface area contributed by atoms with Gasteiger partial charge in [0.05, 0.1) is 0 Å². The summed E-state index contributed by atoms with van der Waals surface area (Å²) in [5, 5.41) is 3.14. The SMILES string of the molecule is CCN(CC)Cc1ccccc1CNC(=O)CC1(CN)CCCCC1. The lowest BCUT2D eigenvalue weighted by Crippen LogP contribution is -2.38. The number of rotatable bonds is 9. The third kappa shape index (κ3) is 5.82. The predicted octanol–water partition coefficient (Wildman–Crippen LogP) is 3.44. The Balaban J connectivity index is 1.93. The molecular weight excluding hydrogens is 310 g/mol. The van der Waals surface area contributed by atoms with Gasteiger partial charge in [-0.25, -0.2) is 0 Å². The van der Waals surface area contributed by atoms with E-state index in [-0.39, 0.29) is 11.3 Å². The van der Waals surface area contributed by atoms with E-state index in [0.717, 1.165) is 32.5 Å². The van der Waals surface area contributed by atoms with Crippen molar-refractivity contribution in [2.24, 2.45) is 11.1 Å². The van der Waals surface area contributed by atoms with E-state index in [2.05, 4.69) is 48.3 Å². The first kappa shape index (κ1) is 19.9. The van der Waals surface area contributed by atoms with Crippen LogP contribution in [0, 0.1) is 5.41 Å². The number of nitrogens with zero attached hydrogens (tertiary/aromatic N) is 1. The van der Waals surface area contributed by atoms with Crippen LogP contribution in [0.3, 0.4) is 0 Å². The molecule has 4 heteroatoms. The minimum absolute atomic E-state index is 0.0308. The summed E-state index contributed by atoms with van der Waals surface area (Å²) in [6, 6.07) is 8.42. The Morgan fingerprint density at radius 1 is 1.12 bits per heavy atom. The second-order valence-electron chi connectivity index (χ2n) is 7.45. The number of carbonyl (C=O) groups is 1. The first-order chi connectivity index (χ1) is 12.1. The number of nitrogens with one attached hydrogen (secondary N) is 1. The maximum Gasteiger partial charge on any atom is 0.220 e. The highest BCUT2D eigenvalue weighted by molar-refractivity contribution is 5.76. The van der Waals surface area contributed by atoms with Crippen molar-refractivity contribution in [1.29, 1.82) is 0 Å². The Kier molecular flexibility index (Phi) is 7.91. The number of hydrogen-bond acceptors (Lipinski definition) is 3. The second-order valence-corrected chi connectivity index (χ2v) is 7.45. The van der Waals surface area contributed by atoms with Crippen molar-refractivity contribution in [2.45, 2.75) is 65.5 Å². The summed E-state index contributed by atoms with van der Waals surface area (Å²) < 4.78 is 0. The third-order valence-electron chi connectivity index (χ3n) is 5.77. The lowest BCUT2D eigenvalue weighted by atomic mass is 9.71. The number of amides is 1. The van der Waals surface area contributed by atoms with Crippen LogP contribution >= 0.6 is 0 Å². The van der Waals surface area contributed by atoms with Gasteiger partial charge in [-0.2, -0.15) is 0 Å². The molecule has 0 spiro atoms. The minimum atomic E-state index is 0.0308. The quantitative estimate of drug-likeness (QED) is 0.721. The molecule has 1 aliphatic rings. The normalized spacial score (nSPS) is 16.8. The Bertz CT molecular complexity index is 534. The molecule has 4 nitrogen and oxygen atoms in total. The van der Waals surface area contributed by atoms with E-state index in [0.29, 0.717) is 19.5 Å². The van der Waals surface area contributed by atoms with Gasteiger partial charge in [-0.15, -0.1) is 0 Å². The molecule has 25 heavy (non-hydrogen) atoms. The van der Waals surface area contributed by atoms with Crippen molar-refractivity contribution in [3.8, 4) is 0 Å². The average Bonchev–Trinajstić information content (AvgIpc) is 2.66. The van der Waals surface area contributed by atoms with Crippen LogP contribution in [-0.2, 0) is 17.9 Å². The largest absolute Gasteiger partial charge is 0.352 e. The summed E-state index contributed by atoms with van der Waals surface area (Å²) in [5.74, 6) is 0.144. The van der Waals surface area contributed by atoms with Crippen LogP contribution in [0.25, 0.3) is 0 Å². The molecule has 0 aliphatic heterocycles. The van der Waals surface area contributed by atoms with E-state index in [4.69, 9.17) is 5.73 Å². The van der Waals surface area contributed by atoms with Crippen LogP contribution in [0.4, 0.5) is 0 Å². The van der Waals surface area contributed by atoms with Gasteiger partial charge in [0.25, 0.3) is 0 Å².